The fraction of sp³-hybridized carbons (Fsp3) is 0.400. The van der Waals surface area contributed by atoms with Crippen LogP contribution in [0.25, 0.3) is 10.9 Å². The number of para-hydroxylation sites is 1. The number of benzene rings is 2. The molecule has 7 nitrogen and oxygen atoms in total. The maximum absolute atomic E-state index is 12.8. The van der Waals surface area contributed by atoms with Crippen LogP contribution >= 0.6 is 11.6 Å². The van der Waals surface area contributed by atoms with Gasteiger partial charge in [0.1, 0.15) is 5.75 Å². The molecule has 8 heteroatoms. The van der Waals surface area contributed by atoms with Crippen molar-refractivity contribution in [3.05, 3.63) is 59.2 Å². The topological polar surface area (TPSA) is 50.2 Å². The summed E-state index contributed by atoms with van der Waals surface area (Å²) >= 11 is 6.36. The number of methoxy groups -OCH3 is 1. The number of anilines is 1. The van der Waals surface area contributed by atoms with E-state index in [1.165, 1.54) is 12.2 Å². The smallest absolute Gasteiger partial charge is 0.279 e. The fourth-order valence-corrected chi connectivity index (χ4v) is 4.65. The molecule has 1 aliphatic rings. The SMILES string of the molecule is COc1ccc2c(c1)c(C(=O)N(C)OC)cn2CCCN1CCN(c2ccccc2Cl)CC1. The largest absolute Gasteiger partial charge is 0.497 e. The van der Waals surface area contributed by atoms with E-state index in [1.54, 1.807) is 14.2 Å². The number of hydrogen-bond donors (Lipinski definition) is 0. The van der Waals surface area contributed by atoms with Gasteiger partial charge < -0.3 is 14.2 Å². The van der Waals surface area contributed by atoms with Crippen LogP contribution in [0.4, 0.5) is 5.69 Å². The fourth-order valence-electron chi connectivity index (χ4n) is 4.40. The molecule has 0 atom stereocenters. The Balaban J connectivity index is 1.39. The van der Waals surface area contributed by atoms with Gasteiger partial charge in [-0.15, -0.1) is 0 Å². The minimum Gasteiger partial charge on any atom is -0.497 e. The summed E-state index contributed by atoms with van der Waals surface area (Å²) in [6.45, 7) is 5.80. The summed E-state index contributed by atoms with van der Waals surface area (Å²) in [7, 11) is 4.74. The summed E-state index contributed by atoms with van der Waals surface area (Å²) in [5.74, 6) is 0.552. The number of hydroxylamine groups is 2. The van der Waals surface area contributed by atoms with E-state index in [0.29, 0.717) is 5.56 Å². The number of piperazine rings is 1. The van der Waals surface area contributed by atoms with Gasteiger partial charge in [-0.25, -0.2) is 5.06 Å². The summed E-state index contributed by atoms with van der Waals surface area (Å²) in [5, 5.41) is 2.93. The zero-order chi connectivity index (χ0) is 23.4. The van der Waals surface area contributed by atoms with Gasteiger partial charge in [-0.2, -0.15) is 0 Å². The lowest BCUT2D eigenvalue weighted by Crippen LogP contribution is -2.46. The molecule has 0 saturated carbocycles. The molecule has 2 heterocycles. The third-order valence-electron chi connectivity index (χ3n) is 6.32. The van der Waals surface area contributed by atoms with E-state index in [4.69, 9.17) is 21.2 Å². The number of rotatable bonds is 8. The lowest BCUT2D eigenvalue weighted by Gasteiger charge is -2.36. The lowest BCUT2D eigenvalue weighted by molar-refractivity contribution is -0.0755. The molecule has 1 aromatic heterocycles. The molecular formula is C25H31ClN4O3. The zero-order valence-corrected chi connectivity index (χ0v) is 20.2. The molecule has 1 fully saturated rings. The van der Waals surface area contributed by atoms with Crippen molar-refractivity contribution in [2.45, 2.75) is 13.0 Å². The highest BCUT2D eigenvalue weighted by atomic mass is 35.5. The van der Waals surface area contributed by atoms with E-state index in [-0.39, 0.29) is 5.91 Å². The Bertz CT molecular complexity index is 1110. The van der Waals surface area contributed by atoms with Gasteiger partial charge in [0.05, 0.1) is 30.5 Å². The van der Waals surface area contributed by atoms with Gasteiger partial charge >= 0.3 is 0 Å². The molecule has 0 radical (unpaired) electrons. The van der Waals surface area contributed by atoms with Gasteiger partial charge in [-0.1, -0.05) is 23.7 Å². The minimum absolute atomic E-state index is 0.176. The Labute approximate surface area is 200 Å². The summed E-state index contributed by atoms with van der Waals surface area (Å²) in [5.41, 5.74) is 2.75. The average Bonchev–Trinajstić information content (AvgIpc) is 3.21. The van der Waals surface area contributed by atoms with Crippen LogP contribution in [0.2, 0.25) is 5.02 Å². The molecule has 0 N–H and O–H groups in total. The van der Waals surface area contributed by atoms with Crippen molar-refractivity contribution < 1.29 is 14.4 Å². The molecule has 0 aliphatic carbocycles. The monoisotopic (exact) mass is 470 g/mol. The second kappa shape index (κ2) is 10.5. The van der Waals surface area contributed by atoms with Crippen LogP contribution in [-0.4, -0.2) is 74.4 Å². The van der Waals surface area contributed by atoms with Crippen LogP contribution in [0.5, 0.6) is 5.75 Å². The molecule has 1 saturated heterocycles. The van der Waals surface area contributed by atoms with E-state index in [1.807, 2.05) is 42.6 Å². The van der Waals surface area contributed by atoms with Gasteiger partial charge in [0.15, 0.2) is 0 Å². The van der Waals surface area contributed by atoms with Gasteiger partial charge in [-0.3, -0.25) is 14.5 Å². The number of fused-ring (bicyclic) bond motifs is 1. The second-order valence-electron chi connectivity index (χ2n) is 8.24. The molecule has 0 spiro atoms. The van der Waals surface area contributed by atoms with E-state index < -0.39 is 0 Å². The van der Waals surface area contributed by atoms with Crippen molar-refractivity contribution in [2.24, 2.45) is 0 Å². The van der Waals surface area contributed by atoms with E-state index in [0.717, 1.165) is 73.1 Å². The van der Waals surface area contributed by atoms with Crippen LogP contribution in [0, 0.1) is 0 Å². The molecular weight excluding hydrogens is 440 g/mol. The molecule has 2 aromatic carbocycles. The first-order chi connectivity index (χ1) is 16.0. The summed E-state index contributed by atoms with van der Waals surface area (Å²) < 4.78 is 7.54. The van der Waals surface area contributed by atoms with Crippen LogP contribution in [0.1, 0.15) is 16.8 Å². The standard InChI is InChI=1S/C25H31ClN4O3/c1-27(33-3)25(31)21-18-30(23-10-9-19(32-2)17-20(21)23)12-6-11-28-13-15-29(16-14-28)24-8-5-4-7-22(24)26/h4-5,7-10,17-18H,6,11-16H2,1-3H3. The average molecular weight is 471 g/mol. The Hall–Kier alpha value is -2.74. The molecule has 33 heavy (non-hydrogen) atoms. The first kappa shape index (κ1) is 23.4. The minimum atomic E-state index is -0.176. The van der Waals surface area contributed by atoms with Crippen molar-refractivity contribution in [3.8, 4) is 5.75 Å². The maximum Gasteiger partial charge on any atom is 0.279 e. The number of amides is 1. The quantitative estimate of drug-likeness (QED) is 0.463. The Morgan fingerprint density at radius 3 is 2.52 bits per heavy atom. The first-order valence-corrected chi connectivity index (χ1v) is 11.6. The normalized spacial score (nSPS) is 14.6. The molecule has 4 rings (SSSR count). The summed E-state index contributed by atoms with van der Waals surface area (Å²) in [6, 6.07) is 13.9. The van der Waals surface area contributed by atoms with E-state index >= 15 is 0 Å². The predicted octanol–water partition coefficient (Wildman–Crippen LogP) is 4.15. The third kappa shape index (κ3) is 5.11. The van der Waals surface area contributed by atoms with E-state index in [9.17, 15) is 4.79 Å². The number of carbonyl (C=O) groups is 1. The highest BCUT2D eigenvalue weighted by Gasteiger charge is 2.21. The van der Waals surface area contributed by atoms with Crippen molar-refractivity contribution in [1.82, 2.24) is 14.5 Å². The molecule has 0 bridgehead atoms. The van der Waals surface area contributed by atoms with Gasteiger partial charge in [0.2, 0.25) is 0 Å². The first-order valence-electron chi connectivity index (χ1n) is 11.2. The highest BCUT2D eigenvalue weighted by molar-refractivity contribution is 6.33. The van der Waals surface area contributed by atoms with Crippen molar-refractivity contribution in [1.29, 1.82) is 0 Å². The Kier molecular flexibility index (Phi) is 7.42. The molecule has 1 aliphatic heterocycles. The third-order valence-corrected chi connectivity index (χ3v) is 6.64. The zero-order valence-electron chi connectivity index (χ0n) is 19.5. The number of aryl methyl sites for hydroxylation is 1. The van der Waals surface area contributed by atoms with Crippen molar-refractivity contribution >= 4 is 34.1 Å². The number of ether oxygens (including phenoxy) is 1. The number of carbonyl (C=O) groups excluding carboxylic acids is 1. The Morgan fingerprint density at radius 1 is 1.06 bits per heavy atom. The molecule has 0 unspecified atom stereocenters. The number of nitrogens with zero attached hydrogens (tertiary/aromatic N) is 4. The number of hydrogen-bond acceptors (Lipinski definition) is 5. The van der Waals surface area contributed by atoms with Crippen molar-refractivity contribution in [2.75, 3.05) is 58.9 Å². The summed E-state index contributed by atoms with van der Waals surface area (Å²) in [6.07, 6.45) is 2.92. The Morgan fingerprint density at radius 2 is 1.82 bits per heavy atom. The van der Waals surface area contributed by atoms with Crippen LogP contribution in [0.15, 0.2) is 48.7 Å². The molecule has 1 amide bonds. The van der Waals surface area contributed by atoms with Crippen LogP contribution < -0.4 is 9.64 Å². The van der Waals surface area contributed by atoms with Crippen molar-refractivity contribution in [3.63, 3.8) is 0 Å². The number of halogens is 1. The number of aromatic nitrogens is 1. The lowest BCUT2D eigenvalue weighted by atomic mass is 10.1. The molecule has 176 valence electrons. The van der Waals surface area contributed by atoms with Gasteiger partial charge in [0.25, 0.3) is 5.91 Å². The molecule has 3 aromatic rings. The maximum atomic E-state index is 12.8. The van der Waals surface area contributed by atoms with E-state index in [2.05, 4.69) is 20.4 Å². The summed E-state index contributed by atoms with van der Waals surface area (Å²) in [4.78, 5) is 22.8. The predicted molar refractivity (Wildman–Crippen MR) is 132 cm³/mol. The van der Waals surface area contributed by atoms with Gasteiger partial charge in [-0.05, 0) is 43.3 Å². The van der Waals surface area contributed by atoms with Crippen LogP contribution in [0.3, 0.4) is 0 Å². The van der Waals surface area contributed by atoms with Gasteiger partial charge in [0, 0.05) is 56.9 Å². The highest BCUT2D eigenvalue weighted by Crippen LogP contribution is 2.28. The second-order valence-corrected chi connectivity index (χ2v) is 8.65. The van der Waals surface area contributed by atoms with Crippen LogP contribution in [-0.2, 0) is 11.4 Å².